The molecule has 16 heavy (non-hydrogen) atoms. The molecule has 0 unspecified atom stereocenters. The van der Waals surface area contributed by atoms with Crippen molar-refractivity contribution in [1.29, 1.82) is 0 Å². The monoisotopic (exact) mass is 250 g/mol. The molecule has 2 N–H and O–H groups in total. The van der Waals surface area contributed by atoms with Crippen molar-refractivity contribution >= 4 is 10.4 Å². The Morgan fingerprint density at radius 3 is 2.38 bits per heavy atom. The summed E-state index contributed by atoms with van der Waals surface area (Å²) >= 11 is 0. The van der Waals surface area contributed by atoms with E-state index in [1.54, 1.807) is 0 Å². The zero-order valence-corrected chi connectivity index (χ0v) is 10.1. The second-order valence-corrected chi connectivity index (χ2v) is 4.15. The Morgan fingerprint density at radius 1 is 1.44 bits per heavy atom. The molecule has 0 aromatic heterocycles. The summed E-state index contributed by atoms with van der Waals surface area (Å²) in [4.78, 5) is 4.38. The molecule has 6 nitrogen and oxygen atoms in total. The average molecular weight is 250 g/mol. The van der Waals surface area contributed by atoms with E-state index in [1.807, 2.05) is 6.20 Å². The van der Waals surface area contributed by atoms with Gasteiger partial charge in [-0.25, -0.2) is 0 Å². The van der Waals surface area contributed by atoms with Crippen molar-refractivity contribution in [2.24, 2.45) is 0 Å². The van der Waals surface area contributed by atoms with E-state index >= 15 is 0 Å². The van der Waals surface area contributed by atoms with E-state index in [2.05, 4.69) is 35.7 Å². The van der Waals surface area contributed by atoms with Crippen LogP contribution in [-0.2, 0) is 10.4 Å². The van der Waals surface area contributed by atoms with Crippen molar-refractivity contribution in [3.05, 3.63) is 25.2 Å². The van der Waals surface area contributed by atoms with Gasteiger partial charge in [-0.3, -0.25) is 9.11 Å². The first-order valence-electron chi connectivity index (χ1n) is 4.87. The van der Waals surface area contributed by atoms with Crippen LogP contribution in [0.4, 0.5) is 0 Å². The molecule has 94 valence electrons. The maximum Gasteiger partial charge on any atom is 0.394 e. The van der Waals surface area contributed by atoms with E-state index in [0.717, 1.165) is 13.2 Å². The molecule has 0 aliphatic carbocycles. The molecule has 0 radical (unpaired) electrons. The highest BCUT2D eigenvalue weighted by molar-refractivity contribution is 7.79. The first-order chi connectivity index (χ1) is 7.36. The van der Waals surface area contributed by atoms with Gasteiger partial charge in [0.05, 0.1) is 6.67 Å². The molecule has 1 aliphatic heterocycles. The molecule has 0 aromatic carbocycles. The van der Waals surface area contributed by atoms with Gasteiger partial charge in [0, 0.05) is 18.9 Å². The van der Waals surface area contributed by atoms with Crippen molar-refractivity contribution in [2.75, 3.05) is 13.2 Å². The van der Waals surface area contributed by atoms with Gasteiger partial charge in [0.15, 0.2) is 0 Å². The molecule has 0 saturated heterocycles. The van der Waals surface area contributed by atoms with Crippen LogP contribution < -0.4 is 0 Å². The highest BCUT2D eigenvalue weighted by Crippen LogP contribution is 2.06. The highest BCUT2D eigenvalue weighted by Gasteiger charge is 2.07. The lowest BCUT2D eigenvalue weighted by molar-refractivity contribution is 0.310. The number of nitrogens with zero attached hydrogens (tertiary/aromatic N) is 2. The van der Waals surface area contributed by atoms with E-state index in [9.17, 15) is 0 Å². The maximum absolute atomic E-state index is 8.74. The van der Waals surface area contributed by atoms with Gasteiger partial charge in [-0.2, -0.15) is 8.42 Å². The van der Waals surface area contributed by atoms with E-state index in [-0.39, 0.29) is 0 Å². The molecule has 7 heteroatoms. The number of hydrogen-bond donors (Lipinski definition) is 2. The standard InChI is InChI=1S/C9H16N2.H2O4S/c1-3-5-6-11-8-7-10(4-2)9-11;1-5(2,3)4/h4,7-8H,2-3,5-6,9H2,1H3;(H2,1,2,3,4). The topological polar surface area (TPSA) is 81.1 Å². The zero-order chi connectivity index (χ0) is 12.6. The van der Waals surface area contributed by atoms with Crippen LogP contribution in [0.1, 0.15) is 19.8 Å². The molecular weight excluding hydrogens is 232 g/mol. The minimum absolute atomic E-state index is 0.976. The fraction of sp³-hybridized carbons (Fsp3) is 0.556. The third-order valence-corrected chi connectivity index (χ3v) is 1.85. The SMILES string of the molecule is C=CN1C=CN(CCCC)C1.O=S(=O)(O)O. The second-order valence-electron chi connectivity index (χ2n) is 3.25. The summed E-state index contributed by atoms with van der Waals surface area (Å²) in [7, 11) is -4.67. The molecular formula is C9H18N2O4S. The second kappa shape index (κ2) is 7.26. The van der Waals surface area contributed by atoms with Crippen LogP contribution in [0.5, 0.6) is 0 Å². The quantitative estimate of drug-likeness (QED) is 0.732. The van der Waals surface area contributed by atoms with Crippen molar-refractivity contribution in [2.45, 2.75) is 19.8 Å². The largest absolute Gasteiger partial charge is 0.394 e. The van der Waals surface area contributed by atoms with Crippen molar-refractivity contribution in [1.82, 2.24) is 9.80 Å². The lowest BCUT2D eigenvalue weighted by Crippen LogP contribution is -2.22. The molecule has 0 aromatic rings. The van der Waals surface area contributed by atoms with Gasteiger partial charge < -0.3 is 9.80 Å². The van der Waals surface area contributed by atoms with Gasteiger partial charge in [-0.05, 0) is 12.6 Å². The van der Waals surface area contributed by atoms with Gasteiger partial charge in [0.1, 0.15) is 0 Å². The first kappa shape index (κ1) is 14.9. The molecule has 0 atom stereocenters. The Bertz CT molecular complexity index is 318. The summed E-state index contributed by atoms with van der Waals surface area (Å²) in [6, 6.07) is 0. The van der Waals surface area contributed by atoms with E-state index in [0.29, 0.717) is 0 Å². The summed E-state index contributed by atoms with van der Waals surface area (Å²) in [5.74, 6) is 0. The summed E-state index contributed by atoms with van der Waals surface area (Å²) in [6.07, 6.45) is 8.57. The Balaban J connectivity index is 0.000000385. The van der Waals surface area contributed by atoms with Gasteiger partial charge in [-0.15, -0.1) is 0 Å². The fourth-order valence-electron chi connectivity index (χ4n) is 1.11. The van der Waals surface area contributed by atoms with Gasteiger partial charge in [0.2, 0.25) is 0 Å². The molecule has 0 amide bonds. The third-order valence-electron chi connectivity index (χ3n) is 1.85. The van der Waals surface area contributed by atoms with Crippen LogP contribution >= 0.6 is 0 Å². The molecule has 0 fully saturated rings. The van der Waals surface area contributed by atoms with Crippen LogP contribution in [0, 0.1) is 0 Å². The summed E-state index contributed by atoms with van der Waals surface area (Å²) in [6.45, 7) is 8.06. The fourth-order valence-corrected chi connectivity index (χ4v) is 1.11. The number of unbranched alkanes of at least 4 members (excludes halogenated alkanes) is 1. The smallest absolute Gasteiger partial charge is 0.358 e. The molecule has 1 rings (SSSR count). The normalized spacial score (nSPS) is 14.7. The predicted molar refractivity (Wildman–Crippen MR) is 61.8 cm³/mol. The van der Waals surface area contributed by atoms with Crippen LogP contribution in [0.15, 0.2) is 25.2 Å². The van der Waals surface area contributed by atoms with Crippen molar-refractivity contribution < 1.29 is 17.5 Å². The molecule has 1 aliphatic rings. The molecule has 0 spiro atoms. The van der Waals surface area contributed by atoms with E-state index < -0.39 is 10.4 Å². The Hall–Kier alpha value is -1.05. The van der Waals surface area contributed by atoms with Crippen LogP contribution in [0.25, 0.3) is 0 Å². The van der Waals surface area contributed by atoms with Crippen molar-refractivity contribution in [3.8, 4) is 0 Å². The van der Waals surface area contributed by atoms with Crippen LogP contribution in [0.2, 0.25) is 0 Å². The third kappa shape index (κ3) is 9.50. The van der Waals surface area contributed by atoms with Crippen LogP contribution in [0.3, 0.4) is 0 Å². The Kier molecular flexibility index (Phi) is 6.78. The number of hydrogen-bond acceptors (Lipinski definition) is 4. The minimum Gasteiger partial charge on any atom is -0.358 e. The minimum atomic E-state index is -4.67. The number of rotatable bonds is 4. The summed E-state index contributed by atoms with van der Waals surface area (Å²) in [5.41, 5.74) is 0. The zero-order valence-electron chi connectivity index (χ0n) is 9.28. The predicted octanol–water partition coefficient (Wildman–Crippen LogP) is 1.32. The maximum atomic E-state index is 8.74. The molecule has 0 bridgehead atoms. The van der Waals surface area contributed by atoms with Crippen LogP contribution in [-0.4, -0.2) is 40.5 Å². The van der Waals surface area contributed by atoms with Gasteiger partial charge in [-0.1, -0.05) is 19.9 Å². The van der Waals surface area contributed by atoms with E-state index in [4.69, 9.17) is 17.5 Å². The average Bonchev–Trinajstić information content (AvgIpc) is 2.59. The summed E-state index contributed by atoms with van der Waals surface area (Å²) in [5, 5.41) is 0. The Labute approximate surface area is 96.4 Å². The molecule has 1 heterocycles. The van der Waals surface area contributed by atoms with Gasteiger partial charge >= 0.3 is 10.4 Å². The Morgan fingerprint density at radius 2 is 2.00 bits per heavy atom. The van der Waals surface area contributed by atoms with Gasteiger partial charge in [0.25, 0.3) is 0 Å². The lowest BCUT2D eigenvalue weighted by atomic mass is 10.3. The highest BCUT2D eigenvalue weighted by atomic mass is 32.3. The lowest BCUT2D eigenvalue weighted by Gasteiger charge is -2.17. The van der Waals surface area contributed by atoms with Crippen molar-refractivity contribution in [3.63, 3.8) is 0 Å². The summed E-state index contributed by atoms with van der Waals surface area (Å²) < 4.78 is 31.6. The molecule has 0 saturated carbocycles. The van der Waals surface area contributed by atoms with E-state index in [1.165, 1.54) is 12.8 Å². The first-order valence-corrected chi connectivity index (χ1v) is 6.27.